The van der Waals surface area contributed by atoms with Gasteiger partial charge in [-0.15, -0.1) is 0 Å². The van der Waals surface area contributed by atoms with E-state index in [0.29, 0.717) is 16.3 Å². The van der Waals surface area contributed by atoms with Gasteiger partial charge in [0.15, 0.2) is 0 Å². The normalized spacial score (nSPS) is 10.9. The van der Waals surface area contributed by atoms with Crippen molar-refractivity contribution >= 4 is 34.2 Å². The Labute approximate surface area is 162 Å². The Morgan fingerprint density at radius 1 is 1.04 bits per heavy atom. The summed E-state index contributed by atoms with van der Waals surface area (Å²) in [6.45, 7) is 3.93. The SMILES string of the molecule is Cc1cccc(C(=O)Nc2cccc(-c3nc4cc(Cl)c(C)cc4[nH]3)c2)c1. The molecular formula is C22H18ClN3O. The number of aryl methyl sites for hydroxylation is 2. The largest absolute Gasteiger partial charge is 0.338 e. The highest BCUT2D eigenvalue weighted by atomic mass is 35.5. The zero-order valence-electron chi connectivity index (χ0n) is 15.0. The van der Waals surface area contributed by atoms with E-state index in [9.17, 15) is 4.79 Å². The Balaban J connectivity index is 1.63. The summed E-state index contributed by atoms with van der Waals surface area (Å²) >= 11 is 6.19. The maximum Gasteiger partial charge on any atom is 0.255 e. The van der Waals surface area contributed by atoms with Crippen molar-refractivity contribution in [2.75, 3.05) is 5.32 Å². The van der Waals surface area contributed by atoms with Crippen LogP contribution in [-0.4, -0.2) is 15.9 Å². The van der Waals surface area contributed by atoms with Gasteiger partial charge in [0.25, 0.3) is 5.91 Å². The van der Waals surface area contributed by atoms with Crippen molar-refractivity contribution in [3.05, 3.63) is 82.4 Å². The number of H-pyrrole nitrogens is 1. The number of hydrogen-bond acceptors (Lipinski definition) is 2. The first-order valence-corrected chi connectivity index (χ1v) is 9.02. The van der Waals surface area contributed by atoms with Gasteiger partial charge in [0.2, 0.25) is 0 Å². The van der Waals surface area contributed by atoms with E-state index in [1.807, 2.05) is 68.4 Å². The number of rotatable bonds is 3. The molecule has 0 saturated carbocycles. The van der Waals surface area contributed by atoms with Crippen LogP contribution in [0.1, 0.15) is 21.5 Å². The van der Waals surface area contributed by atoms with Crippen molar-refractivity contribution in [2.24, 2.45) is 0 Å². The van der Waals surface area contributed by atoms with E-state index in [-0.39, 0.29) is 5.91 Å². The molecule has 4 nitrogen and oxygen atoms in total. The van der Waals surface area contributed by atoms with Crippen molar-refractivity contribution in [3.8, 4) is 11.4 Å². The quantitative estimate of drug-likeness (QED) is 0.478. The number of benzene rings is 3. The second kappa shape index (κ2) is 6.89. The molecule has 5 heteroatoms. The minimum absolute atomic E-state index is 0.136. The van der Waals surface area contributed by atoms with Crippen LogP contribution in [0.3, 0.4) is 0 Å². The average Bonchev–Trinajstić information content (AvgIpc) is 3.05. The molecule has 0 bridgehead atoms. The molecule has 2 N–H and O–H groups in total. The Kier molecular flexibility index (Phi) is 4.42. The number of aromatic nitrogens is 2. The first-order chi connectivity index (χ1) is 13.0. The number of amides is 1. The Morgan fingerprint density at radius 2 is 1.85 bits per heavy atom. The number of nitrogens with one attached hydrogen (secondary N) is 2. The first-order valence-electron chi connectivity index (χ1n) is 8.64. The summed E-state index contributed by atoms with van der Waals surface area (Å²) in [5.41, 5.74) is 6.03. The van der Waals surface area contributed by atoms with E-state index in [0.717, 1.165) is 33.5 Å². The van der Waals surface area contributed by atoms with Crippen LogP contribution in [0.25, 0.3) is 22.4 Å². The molecule has 1 heterocycles. The van der Waals surface area contributed by atoms with Gasteiger partial charge in [-0.05, 0) is 55.8 Å². The lowest BCUT2D eigenvalue weighted by Crippen LogP contribution is -2.11. The molecule has 0 saturated heterocycles. The predicted octanol–water partition coefficient (Wildman–Crippen LogP) is 5.75. The lowest BCUT2D eigenvalue weighted by Gasteiger charge is -2.07. The third kappa shape index (κ3) is 3.57. The summed E-state index contributed by atoms with van der Waals surface area (Å²) in [4.78, 5) is 20.4. The van der Waals surface area contributed by atoms with Crippen LogP contribution in [0.2, 0.25) is 5.02 Å². The molecular weight excluding hydrogens is 358 g/mol. The van der Waals surface area contributed by atoms with Crippen molar-refractivity contribution in [3.63, 3.8) is 0 Å². The molecule has 0 aliphatic rings. The number of carbonyl (C=O) groups excluding carboxylic acids is 1. The highest BCUT2D eigenvalue weighted by Crippen LogP contribution is 2.27. The van der Waals surface area contributed by atoms with Crippen LogP contribution in [0.4, 0.5) is 5.69 Å². The van der Waals surface area contributed by atoms with Crippen LogP contribution < -0.4 is 5.32 Å². The van der Waals surface area contributed by atoms with Gasteiger partial charge in [0, 0.05) is 21.8 Å². The van der Waals surface area contributed by atoms with Gasteiger partial charge in [-0.1, -0.05) is 41.4 Å². The third-order valence-electron chi connectivity index (χ3n) is 4.44. The number of fused-ring (bicyclic) bond motifs is 1. The van der Waals surface area contributed by atoms with Gasteiger partial charge in [0.1, 0.15) is 5.82 Å². The lowest BCUT2D eigenvalue weighted by atomic mass is 10.1. The maximum atomic E-state index is 12.5. The number of halogens is 1. The molecule has 0 aliphatic carbocycles. The summed E-state index contributed by atoms with van der Waals surface area (Å²) in [5.74, 6) is 0.598. The average molecular weight is 376 g/mol. The molecule has 3 aromatic carbocycles. The van der Waals surface area contributed by atoms with Gasteiger partial charge in [-0.3, -0.25) is 4.79 Å². The highest BCUT2D eigenvalue weighted by Gasteiger charge is 2.10. The zero-order valence-corrected chi connectivity index (χ0v) is 15.8. The maximum absolute atomic E-state index is 12.5. The van der Waals surface area contributed by atoms with Crippen molar-refractivity contribution in [2.45, 2.75) is 13.8 Å². The van der Waals surface area contributed by atoms with Crippen LogP contribution in [0.5, 0.6) is 0 Å². The first kappa shape index (κ1) is 17.3. The van der Waals surface area contributed by atoms with Gasteiger partial charge in [-0.25, -0.2) is 4.98 Å². The van der Waals surface area contributed by atoms with E-state index in [4.69, 9.17) is 11.6 Å². The van der Waals surface area contributed by atoms with Gasteiger partial charge < -0.3 is 10.3 Å². The Bertz CT molecular complexity index is 1120. The van der Waals surface area contributed by atoms with Crippen LogP contribution >= 0.6 is 11.6 Å². The smallest absolute Gasteiger partial charge is 0.255 e. The van der Waals surface area contributed by atoms with Gasteiger partial charge in [-0.2, -0.15) is 0 Å². The number of carbonyl (C=O) groups is 1. The molecule has 27 heavy (non-hydrogen) atoms. The molecule has 0 radical (unpaired) electrons. The second-order valence-corrected chi connectivity index (χ2v) is 7.02. The van der Waals surface area contributed by atoms with E-state index in [2.05, 4.69) is 15.3 Å². The highest BCUT2D eigenvalue weighted by molar-refractivity contribution is 6.32. The fourth-order valence-corrected chi connectivity index (χ4v) is 3.17. The predicted molar refractivity (Wildman–Crippen MR) is 110 cm³/mol. The number of nitrogens with zero attached hydrogens (tertiary/aromatic N) is 1. The van der Waals surface area contributed by atoms with E-state index in [1.54, 1.807) is 6.07 Å². The molecule has 134 valence electrons. The van der Waals surface area contributed by atoms with Crippen molar-refractivity contribution in [1.82, 2.24) is 9.97 Å². The molecule has 0 aliphatic heterocycles. The lowest BCUT2D eigenvalue weighted by molar-refractivity contribution is 0.102. The molecule has 0 atom stereocenters. The van der Waals surface area contributed by atoms with Crippen LogP contribution in [0, 0.1) is 13.8 Å². The monoisotopic (exact) mass is 375 g/mol. The molecule has 1 amide bonds. The zero-order chi connectivity index (χ0) is 19.0. The number of anilines is 1. The van der Waals surface area contributed by atoms with Crippen molar-refractivity contribution in [1.29, 1.82) is 0 Å². The van der Waals surface area contributed by atoms with Crippen molar-refractivity contribution < 1.29 is 4.79 Å². The van der Waals surface area contributed by atoms with Gasteiger partial charge in [0.05, 0.1) is 11.0 Å². The molecule has 4 rings (SSSR count). The van der Waals surface area contributed by atoms with E-state index >= 15 is 0 Å². The van der Waals surface area contributed by atoms with Crippen LogP contribution in [0.15, 0.2) is 60.7 Å². The topological polar surface area (TPSA) is 57.8 Å². The molecule has 4 aromatic rings. The minimum atomic E-state index is -0.136. The Hall–Kier alpha value is -3.11. The molecule has 0 unspecified atom stereocenters. The fourth-order valence-electron chi connectivity index (χ4n) is 3.01. The summed E-state index contributed by atoms with van der Waals surface area (Å²) in [6.07, 6.45) is 0. The number of imidazole rings is 1. The summed E-state index contributed by atoms with van der Waals surface area (Å²) in [5, 5.41) is 3.64. The van der Waals surface area contributed by atoms with E-state index in [1.165, 1.54) is 0 Å². The third-order valence-corrected chi connectivity index (χ3v) is 4.84. The minimum Gasteiger partial charge on any atom is -0.338 e. The number of aromatic amines is 1. The molecule has 0 spiro atoms. The summed E-state index contributed by atoms with van der Waals surface area (Å²) < 4.78 is 0. The molecule has 1 aromatic heterocycles. The van der Waals surface area contributed by atoms with E-state index < -0.39 is 0 Å². The summed E-state index contributed by atoms with van der Waals surface area (Å²) in [6, 6.07) is 19.0. The second-order valence-electron chi connectivity index (χ2n) is 6.61. The number of hydrogen-bond donors (Lipinski definition) is 2. The standard InChI is InChI=1S/C22H18ClN3O/c1-13-5-3-7-16(9-13)22(27)24-17-8-4-6-15(11-17)21-25-19-10-14(2)18(23)12-20(19)26-21/h3-12H,1-2H3,(H,24,27)(H,25,26). The molecule has 0 fully saturated rings. The summed E-state index contributed by atoms with van der Waals surface area (Å²) in [7, 11) is 0. The Morgan fingerprint density at radius 3 is 2.67 bits per heavy atom. The van der Waals surface area contributed by atoms with Gasteiger partial charge >= 0.3 is 0 Å². The fraction of sp³-hybridized carbons (Fsp3) is 0.0909. The van der Waals surface area contributed by atoms with Crippen LogP contribution in [-0.2, 0) is 0 Å².